The van der Waals surface area contributed by atoms with Crippen molar-refractivity contribution in [2.24, 2.45) is 0 Å². The fourth-order valence-corrected chi connectivity index (χ4v) is 5.57. The summed E-state index contributed by atoms with van der Waals surface area (Å²) in [5.74, 6) is 2.23. The first-order chi connectivity index (χ1) is 21.3. The van der Waals surface area contributed by atoms with Crippen LogP contribution in [0.4, 0.5) is 34.9 Å². The van der Waals surface area contributed by atoms with E-state index < -0.39 is 0 Å². The lowest BCUT2D eigenvalue weighted by Gasteiger charge is -2.13. The molecule has 222 valence electrons. The molecular formula is C30H28Br2N12. The molecule has 4 heterocycles. The highest BCUT2D eigenvalue weighted by Crippen LogP contribution is 2.35. The number of aryl methyl sites for hydroxylation is 1. The number of halogens is 2. The Morgan fingerprint density at radius 3 is 2.25 bits per heavy atom. The molecule has 12 nitrogen and oxygen atoms in total. The number of anilines is 6. The largest absolute Gasteiger partial charge is 0.372 e. The molecule has 0 aliphatic rings. The Balaban J connectivity index is 1.30. The van der Waals surface area contributed by atoms with Crippen LogP contribution in [0.3, 0.4) is 0 Å². The van der Waals surface area contributed by atoms with E-state index in [0.29, 0.717) is 29.2 Å². The number of benzene rings is 2. The molecule has 0 radical (unpaired) electrons. The second-order valence-electron chi connectivity index (χ2n) is 9.71. The number of rotatable bonds is 9. The first kappa shape index (κ1) is 29.3. The predicted octanol–water partition coefficient (Wildman–Crippen LogP) is 7.02. The van der Waals surface area contributed by atoms with Gasteiger partial charge in [0.15, 0.2) is 0 Å². The van der Waals surface area contributed by atoms with Crippen molar-refractivity contribution in [3.8, 4) is 22.6 Å². The maximum absolute atomic E-state index is 4.89. The molecule has 0 fully saturated rings. The van der Waals surface area contributed by atoms with Crippen molar-refractivity contribution in [2.75, 3.05) is 35.4 Å². The van der Waals surface area contributed by atoms with Crippen LogP contribution in [0, 0.1) is 13.8 Å². The highest BCUT2D eigenvalue weighted by Gasteiger charge is 2.17. The summed E-state index contributed by atoms with van der Waals surface area (Å²) in [6.07, 6.45) is 5.38. The van der Waals surface area contributed by atoms with Crippen molar-refractivity contribution < 1.29 is 0 Å². The number of hydrogen-bond donors (Lipinski definition) is 4. The van der Waals surface area contributed by atoms with Crippen molar-refractivity contribution >= 4 is 66.8 Å². The number of aromatic nitrogens is 8. The third-order valence-corrected chi connectivity index (χ3v) is 8.19. The van der Waals surface area contributed by atoms with E-state index in [0.717, 1.165) is 48.6 Å². The Bertz CT molecular complexity index is 1950. The fourth-order valence-electron chi connectivity index (χ4n) is 4.58. The molecule has 0 unspecified atom stereocenters. The van der Waals surface area contributed by atoms with E-state index in [1.807, 2.05) is 98.1 Å². The molecule has 14 heteroatoms. The van der Waals surface area contributed by atoms with E-state index in [4.69, 9.17) is 10.1 Å². The van der Waals surface area contributed by atoms with Crippen molar-refractivity contribution in [3.63, 3.8) is 0 Å². The lowest BCUT2D eigenvalue weighted by molar-refractivity contribution is 0.847. The Morgan fingerprint density at radius 2 is 1.48 bits per heavy atom. The number of hydrogen-bond acceptors (Lipinski definition) is 10. The number of nitrogens with one attached hydrogen (secondary N) is 4. The van der Waals surface area contributed by atoms with E-state index in [2.05, 4.69) is 73.2 Å². The normalized spacial score (nSPS) is 11.0. The molecule has 2 aromatic carbocycles. The first-order valence-corrected chi connectivity index (χ1v) is 15.2. The summed E-state index contributed by atoms with van der Waals surface area (Å²) in [6.45, 7) is 3.93. The smallest absolute Gasteiger partial charge is 0.229 e. The molecule has 6 rings (SSSR count). The van der Waals surface area contributed by atoms with Crippen LogP contribution in [0.25, 0.3) is 22.6 Å². The Morgan fingerprint density at radius 1 is 0.750 bits per heavy atom. The minimum Gasteiger partial charge on any atom is -0.372 e. The minimum atomic E-state index is 0.436. The Kier molecular flexibility index (Phi) is 8.26. The van der Waals surface area contributed by atoms with Gasteiger partial charge < -0.3 is 21.3 Å². The van der Waals surface area contributed by atoms with Crippen LogP contribution in [0.1, 0.15) is 11.4 Å². The van der Waals surface area contributed by atoms with E-state index in [1.165, 1.54) is 0 Å². The van der Waals surface area contributed by atoms with E-state index in [1.54, 1.807) is 12.4 Å². The summed E-state index contributed by atoms with van der Waals surface area (Å²) in [4.78, 5) is 18.4. The minimum absolute atomic E-state index is 0.436. The molecule has 0 saturated carbocycles. The molecule has 0 saturated heterocycles. The summed E-state index contributed by atoms with van der Waals surface area (Å²) < 4.78 is 5.21. The van der Waals surface area contributed by atoms with Gasteiger partial charge in [0.25, 0.3) is 0 Å². The van der Waals surface area contributed by atoms with E-state index >= 15 is 0 Å². The molecule has 0 aliphatic carbocycles. The quantitative estimate of drug-likeness (QED) is 0.124. The Hall–Kier alpha value is -4.82. The van der Waals surface area contributed by atoms with Crippen LogP contribution in [0.15, 0.2) is 82.1 Å². The molecule has 0 aliphatic heterocycles. The van der Waals surface area contributed by atoms with Crippen LogP contribution in [0.5, 0.6) is 0 Å². The number of nitrogens with zero attached hydrogens (tertiary/aromatic N) is 8. The predicted molar refractivity (Wildman–Crippen MR) is 181 cm³/mol. The van der Waals surface area contributed by atoms with Gasteiger partial charge in [0.1, 0.15) is 11.6 Å². The number of para-hydroxylation sites is 1. The summed E-state index contributed by atoms with van der Waals surface area (Å²) in [5.41, 5.74) is 6.76. The van der Waals surface area contributed by atoms with Crippen LogP contribution in [-0.4, -0.2) is 53.6 Å². The molecule has 44 heavy (non-hydrogen) atoms. The standard InChI is InChI=1S/C30H28Br2N12/c1-17-24(38-29-35-14-22(31)27(33-3)40-29)16-43(42-17)21-12-8-9-19(13-21)26-25(32)28(34-4)41-30(39-26)37-23-15-36-44(18(23)2)20-10-6-5-7-11-20/h5-16H,1-4H3,(H2,33,35,38,40)(H2,34,37,39,41). The topological polar surface area (TPSA) is 135 Å². The van der Waals surface area contributed by atoms with Crippen molar-refractivity contribution in [1.82, 2.24) is 39.5 Å². The molecule has 4 N–H and O–H groups in total. The zero-order valence-electron chi connectivity index (χ0n) is 24.3. The van der Waals surface area contributed by atoms with Gasteiger partial charge in [-0.2, -0.15) is 20.2 Å². The third kappa shape index (κ3) is 5.85. The highest BCUT2D eigenvalue weighted by molar-refractivity contribution is 9.11. The average molecular weight is 716 g/mol. The fraction of sp³-hybridized carbons (Fsp3) is 0.133. The van der Waals surface area contributed by atoms with Crippen molar-refractivity contribution in [2.45, 2.75) is 13.8 Å². The maximum Gasteiger partial charge on any atom is 0.229 e. The molecule has 0 spiro atoms. The molecule has 6 aromatic rings. The van der Waals surface area contributed by atoms with Crippen molar-refractivity contribution in [1.29, 1.82) is 0 Å². The molecule has 0 amide bonds. The zero-order chi connectivity index (χ0) is 30.8. The van der Waals surface area contributed by atoms with Crippen LogP contribution >= 0.6 is 31.9 Å². The van der Waals surface area contributed by atoms with Gasteiger partial charge in [-0.25, -0.2) is 19.3 Å². The van der Waals surface area contributed by atoms with E-state index in [-0.39, 0.29) is 0 Å². The summed E-state index contributed by atoms with van der Waals surface area (Å²) in [6, 6.07) is 18.0. The van der Waals surface area contributed by atoms with Gasteiger partial charge in [-0.05, 0) is 70.0 Å². The molecule has 4 aromatic heterocycles. The van der Waals surface area contributed by atoms with E-state index in [9.17, 15) is 0 Å². The van der Waals surface area contributed by atoms with Gasteiger partial charge in [0, 0.05) is 25.9 Å². The third-order valence-electron chi connectivity index (χ3n) is 6.86. The van der Waals surface area contributed by atoms with Gasteiger partial charge >= 0.3 is 0 Å². The summed E-state index contributed by atoms with van der Waals surface area (Å²) >= 11 is 7.15. The van der Waals surface area contributed by atoms with Crippen LogP contribution < -0.4 is 21.3 Å². The van der Waals surface area contributed by atoms with Crippen LogP contribution in [0.2, 0.25) is 0 Å². The molecule has 0 bridgehead atoms. The molecular weight excluding hydrogens is 688 g/mol. The second kappa shape index (κ2) is 12.4. The molecule has 0 atom stereocenters. The van der Waals surface area contributed by atoms with Crippen LogP contribution in [-0.2, 0) is 0 Å². The second-order valence-corrected chi connectivity index (χ2v) is 11.4. The average Bonchev–Trinajstić information content (AvgIpc) is 3.60. The van der Waals surface area contributed by atoms with Gasteiger partial charge in [-0.15, -0.1) is 0 Å². The van der Waals surface area contributed by atoms with Gasteiger partial charge in [-0.1, -0.05) is 30.3 Å². The van der Waals surface area contributed by atoms with Gasteiger partial charge in [0.2, 0.25) is 11.9 Å². The zero-order valence-corrected chi connectivity index (χ0v) is 27.4. The van der Waals surface area contributed by atoms with Gasteiger partial charge in [-0.3, -0.25) is 0 Å². The summed E-state index contributed by atoms with van der Waals surface area (Å²) in [5, 5.41) is 22.1. The Labute approximate surface area is 270 Å². The SMILES string of the molecule is CNc1nc(Nc2cn(-c3cccc(-c4nc(Nc5cnn(-c6ccccc6)c5C)nc(NC)c4Br)c3)nc2C)ncc1Br. The maximum atomic E-state index is 4.89. The highest BCUT2D eigenvalue weighted by atomic mass is 79.9. The van der Waals surface area contributed by atoms with Gasteiger partial charge in [0.05, 0.1) is 61.2 Å². The monoisotopic (exact) mass is 714 g/mol. The first-order valence-electron chi connectivity index (χ1n) is 13.6. The lowest BCUT2D eigenvalue weighted by atomic mass is 10.1. The summed E-state index contributed by atoms with van der Waals surface area (Å²) in [7, 11) is 3.63. The van der Waals surface area contributed by atoms with Crippen molar-refractivity contribution in [3.05, 3.63) is 93.5 Å². The lowest BCUT2D eigenvalue weighted by Crippen LogP contribution is -2.05.